The molecule has 1 aromatic carbocycles. The average Bonchev–Trinajstić information content (AvgIpc) is 2.57. The van der Waals surface area contributed by atoms with E-state index in [2.05, 4.69) is 38.6 Å². The second kappa shape index (κ2) is 9.44. The lowest BCUT2D eigenvalue weighted by molar-refractivity contribution is 0.165. The zero-order valence-corrected chi connectivity index (χ0v) is 20.6. The maximum absolute atomic E-state index is 13.1. The summed E-state index contributed by atoms with van der Waals surface area (Å²) in [6.45, 7) is 14.4. The van der Waals surface area contributed by atoms with Crippen LogP contribution in [-0.2, 0) is 29.0 Å². The Morgan fingerprint density at radius 1 is 1.11 bits per heavy atom. The summed E-state index contributed by atoms with van der Waals surface area (Å²) in [6.07, 6.45) is -0.522. The predicted molar refractivity (Wildman–Crippen MR) is 114 cm³/mol. The van der Waals surface area contributed by atoms with E-state index in [-0.39, 0.29) is 5.04 Å². The lowest BCUT2D eigenvalue weighted by Crippen LogP contribution is -2.50. The van der Waals surface area contributed by atoms with Crippen LogP contribution < -0.4 is 4.72 Å². The SMILES string of the molecule is COP(=O)(OC)[C@@H](NS(=O)c1ccc(C)cc1)[C@H](C)O[Si](C)(C)C(C)(C)C. The van der Waals surface area contributed by atoms with Crippen molar-refractivity contribution in [1.29, 1.82) is 0 Å². The highest BCUT2D eigenvalue weighted by atomic mass is 32.2. The van der Waals surface area contributed by atoms with Crippen LogP contribution in [0, 0.1) is 6.92 Å². The smallest absolute Gasteiger partial charge is 0.350 e. The second-order valence-corrected chi connectivity index (χ2v) is 16.5. The van der Waals surface area contributed by atoms with Crippen LogP contribution in [0.2, 0.25) is 18.1 Å². The van der Waals surface area contributed by atoms with Crippen molar-refractivity contribution in [2.24, 2.45) is 0 Å². The quantitative estimate of drug-likeness (QED) is 0.444. The molecule has 9 heteroatoms. The highest BCUT2D eigenvalue weighted by molar-refractivity contribution is 7.83. The molecule has 156 valence electrons. The monoisotopic (exact) mass is 435 g/mol. The zero-order chi connectivity index (χ0) is 21.0. The summed E-state index contributed by atoms with van der Waals surface area (Å²) in [6, 6.07) is 7.32. The lowest BCUT2D eigenvalue weighted by Gasteiger charge is -2.41. The topological polar surface area (TPSA) is 73.9 Å². The molecule has 1 aromatic rings. The van der Waals surface area contributed by atoms with Gasteiger partial charge >= 0.3 is 7.60 Å². The Balaban J connectivity index is 3.15. The molecule has 6 nitrogen and oxygen atoms in total. The third-order valence-corrected chi connectivity index (χ3v) is 13.2. The fourth-order valence-corrected chi connectivity index (χ4v) is 6.71. The van der Waals surface area contributed by atoms with Gasteiger partial charge in [-0.3, -0.25) is 4.57 Å². The van der Waals surface area contributed by atoms with E-state index in [4.69, 9.17) is 13.5 Å². The zero-order valence-electron chi connectivity index (χ0n) is 17.9. The molecular formula is C18H34NO5PSSi. The van der Waals surface area contributed by atoms with Crippen LogP contribution in [0.25, 0.3) is 0 Å². The Bertz CT molecular complexity index is 682. The van der Waals surface area contributed by atoms with Gasteiger partial charge in [-0.1, -0.05) is 38.5 Å². The van der Waals surface area contributed by atoms with E-state index in [1.54, 1.807) is 12.1 Å². The molecule has 1 N–H and O–H groups in total. The van der Waals surface area contributed by atoms with E-state index in [0.717, 1.165) is 5.56 Å². The first-order chi connectivity index (χ1) is 12.3. The van der Waals surface area contributed by atoms with E-state index >= 15 is 0 Å². The Morgan fingerprint density at radius 2 is 1.59 bits per heavy atom. The molecule has 0 aliphatic carbocycles. The highest BCUT2D eigenvalue weighted by Crippen LogP contribution is 2.53. The molecule has 0 saturated heterocycles. The van der Waals surface area contributed by atoms with Crippen molar-refractivity contribution in [3.8, 4) is 0 Å². The molecule has 27 heavy (non-hydrogen) atoms. The third kappa shape index (κ3) is 6.32. The van der Waals surface area contributed by atoms with Crippen molar-refractivity contribution in [3.63, 3.8) is 0 Å². The largest absolute Gasteiger partial charge is 0.412 e. The van der Waals surface area contributed by atoms with Crippen molar-refractivity contribution in [2.45, 2.75) is 69.5 Å². The number of aryl methyl sites for hydroxylation is 1. The first-order valence-electron chi connectivity index (χ1n) is 8.91. The fourth-order valence-electron chi connectivity index (χ4n) is 2.26. The maximum Gasteiger partial charge on any atom is 0.350 e. The Kier molecular flexibility index (Phi) is 8.63. The molecule has 0 saturated carbocycles. The first kappa shape index (κ1) is 24.7. The van der Waals surface area contributed by atoms with E-state index in [9.17, 15) is 8.77 Å². The molecule has 0 aliphatic heterocycles. The molecule has 0 amide bonds. The number of benzene rings is 1. The van der Waals surface area contributed by atoms with Gasteiger partial charge in [-0.05, 0) is 44.1 Å². The molecule has 0 aromatic heterocycles. The normalized spacial score (nSPS) is 16.8. The molecule has 1 rings (SSSR count). The van der Waals surface area contributed by atoms with Gasteiger partial charge in [0.25, 0.3) is 0 Å². The van der Waals surface area contributed by atoms with Gasteiger partial charge in [0.15, 0.2) is 8.32 Å². The number of hydrogen-bond donors (Lipinski definition) is 1. The molecule has 1 unspecified atom stereocenters. The van der Waals surface area contributed by atoms with Crippen molar-refractivity contribution in [3.05, 3.63) is 29.8 Å². The van der Waals surface area contributed by atoms with Gasteiger partial charge < -0.3 is 13.5 Å². The van der Waals surface area contributed by atoms with Gasteiger partial charge in [-0.2, -0.15) is 0 Å². The highest BCUT2D eigenvalue weighted by Gasteiger charge is 2.45. The molecule has 0 fully saturated rings. The summed E-state index contributed by atoms with van der Waals surface area (Å²) in [7, 11) is -4.66. The number of hydrogen-bond acceptors (Lipinski definition) is 5. The molecular weight excluding hydrogens is 401 g/mol. The van der Waals surface area contributed by atoms with Crippen LogP contribution in [0.15, 0.2) is 29.2 Å². The molecule has 0 heterocycles. The van der Waals surface area contributed by atoms with E-state index in [1.807, 2.05) is 26.0 Å². The van der Waals surface area contributed by atoms with Crippen LogP contribution in [-0.4, -0.2) is 38.6 Å². The van der Waals surface area contributed by atoms with Crippen LogP contribution in [0.1, 0.15) is 33.3 Å². The van der Waals surface area contributed by atoms with Crippen LogP contribution in [0.5, 0.6) is 0 Å². The molecule has 3 atom stereocenters. The molecule has 0 radical (unpaired) electrons. The van der Waals surface area contributed by atoms with Crippen molar-refractivity contribution in [2.75, 3.05) is 14.2 Å². The second-order valence-electron chi connectivity index (χ2n) is 8.13. The van der Waals surface area contributed by atoms with Gasteiger partial charge in [0.2, 0.25) is 0 Å². The minimum absolute atomic E-state index is 0.0218. The van der Waals surface area contributed by atoms with Gasteiger partial charge in [0.05, 0.1) is 11.0 Å². The molecule has 0 bridgehead atoms. The van der Waals surface area contributed by atoms with E-state index in [0.29, 0.717) is 4.90 Å². The number of rotatable bonds is 9. The Hall–Kier alpha value is -0.343. The maximum atomic E-state index is 13.1. The minimum Gasteiger partial charge on any atom is -0.412 e. The van der Waals surface area contributed by atoms with Crippen molar-refractivity contribution < 1.29 is 22.2 Å². The Morgan fingerprint density at radius 3 is 2.00 bits per heavy atom. The predicted octanol–water partition coefficient (Wildman–Crippen LogP) is 4.83. The standard InChI is InChI=1S/C18H34NO5PSSi/c1-14-10-12-16(13-11-14)26(21)19-17(25(20,22-6)23-7)15(2)24-27(8,9)18(3,4)5/h10-13,15,17,19H,1-9H3/t15-,17+,26?/m0/s1. The van der Waals surface area contributed by atoms with Crippen molar-refractivity contribution >= 4 is 26.9 Å². The lowest BCUT2D eigenvalue weighted by atomic mass is 10.2. The summed E-state index contributed by atoms with van der Waals surface area (Å²) < 4.78 is 45.7. The first-order valence-corrected chi connectivity index (χ1v) is 14.6. The van der Waals surface area contributed by atoms with Gasteiger partial charge in [-0.25, -0.2) is 8.93 Å². The summed E-state index contributed by atoms with van der Waals surface area (Å²) in [5.41, 5.74) is 1.07. The van der Waals surface area contributed by atoms with Gasteiger partial charge in [-0.15, -0.1) is 0 Å². The summed E-state index contributed by atoms with van der Waals surface area (Å²) >= 11 is 0. The summed E-state index contributed by atoms with van der Waals surface area (Å²) in [5.74, 6) is -0.872. The third-order valence-electron chi connectivity index (χ3n) is 5.04. The summed E-state index contributed by atoms with van der Waals surface area (Å²) in [4.78, 5) is 0.587. The molecule has 0 spiro atoms. The van der Waals surface area contributed by atoms with Crippen LogP contribution in [0.3, 0.4) is 0 Å². The number of nitrogens with one attached hydrogen (secondary N) is 1. The minimum atomic E-state index is -3.58. The average molecular weight is 436 g/mol. The summed E-state index contributed by atoms with van der Waals surface area (Å²) in [5, 5.41) is -0.0218. The van der Waals surface area contributed by atoms with E-state index < -0.39 is 38.8 Å². The van der Waals surface area contributed by atoms with Crippen molar-refractivity contribution in [1.82, 2.24) is 4.72 Å². The van der Waals surface area contributed by atoms with Gasteiger partial charge in [0, 0.05) is 14.2 Å². The van der Waals surface area contributed by atoms with Crippen LogP contribution in [0.4, 0.5) is 0 Å². The van der Waals surface area contributed by atoms with Gasteiger partial charge in [0.1, 0.15) is 16.8 Å². The molecule has 0 aliphatic rings. The van der Waals surface area contributed by atoms with Crippen LogP contribution >= 0.6 is 7.60 Å². The Labute approximate surface area is 167 Å². The van der Waals surface area contributed by atoms with E-state index in [1.165, 1.54) is 14.2 Å². The fraction of sp³-hybridized carbons (Fsp3) is 0.667.